The van der Waals surface area contributed by atoms with E-state index in [-0.39, 0.29) is 11.9 Å². The maximum atomic E-state index is 12.0. The fourth-order valence-electron chi connectivity index (χ4n) is 1.93. The molecule has 0 radical (unpaired) electrons. The minimum atomic E-state index is -0.320. The number of hydrogen-bond donors (Lipinski definition) is 0. The van der Waals surface area contributed by atoms with Crippen molar-refractivity contribution in [2.75, 3.05) is 0 Å². The van der Waals surface area contributed by atoms with Crippen molar-refractivity contribution >= 4 is 21.7 Å². The third-order valence-electron chi connectivity index (χ3n) is 2.74. The third kappa shape index (κ3) is 1.89. The van der Waals surface area contributed by atoms with Crippen molar-refractivity contribution in [3.05, 3.63) is 52.4 Å². The van der Waals surface area contributed by atoms with Gasteiger partial charge in [-0.3, -0.25) is 4.79 Å². The molecule has 0 bridgehead atoms. The molecule has 1 aliphatic heterocycles. The van der Waals surface area contributed by atoms with Crippen molar-refractivity contribution < 1.29 is 13.9 Å². The predicted molar refractivity (Wildman–Crippen MR) is 65.2 cm³/mol. The summed E-state index contributed by atoms with van der Waals surface area (Å²) in [7, 11) is 0. The second kappa shape index (κ2) is 4.04. The molecule has 0 amide bonds. The smallest absolute Gasteiger partial charge is 0.170 e. The average Bonchev–Trinajstić information content (AvgIpc) is 2.81. The van der Waals surface area contributed by atoms with Crippen LogP contribution in [0.25, 0.3) is 0 Å². The van der Waals surface area contributed by atoms with Gasteiger partial charge in [-0.15, -0.1) is 0 Å². The number of ether oxygens (including phenoxy) is 1. The van der Waals surface area contributed by atoms with E-state index < -0.39 is 0 Å². The normalized spacial score (nSPS) is 18.6. The Hall–Kier alpha value is -1.55. The SMILES string of the molecule is O=C1CC(c2ccco2)Oc2cc(Br)ccc21. The molecule has 0 aliphatic carbocycles. The van der Waals surface area contributed by atoms with Crippen LogP contribution in [-0.2, 0) is 0 Å². The molecule has 1 aromatic carbocycles. The molecule has 3 nitrogen and oxygen atoms in total. The van der Waals surface area contributed by atoms with Gasteiger partial charge in [0.2, 0.25) is 0 Å². The predicted octanol–water partition coefficient (Wildman–Crippen LogP) is 3.75. The van der Waals surface area contributed by atoms with E-state index in [1.807, 2.05) is 18.2 Å². The summed E-state index contributed by atoms with van der Waals surface area (Å²) in [5.74, 6) is 1.38. The van der Waals surface area contributed by atoms with Crippen molar-refractivity contribution in [3.63, 3.8) is 0 Å². The quantitative estimate of drug-likeness (QED) is 0.804. The van der Waals surface area contributed by atoms with Gasteiger partial charge >= 0.3 is 0 Å². The maximum Gasteiger partial charge on any atom is 0.170 e. The van der Waals surface area contributed by atoms with Gasteiger partial charge in [-0.2, -0.15) is 0 Å². The number of rotatable bonds is 1. The van der Waals surface area contributed by atoms with Crippen LogP contribution in [0.5, 0.6) is 5.75 Å². The van der Waals surface area contributed by atoms with Gasteiger partial charge in [0.25, 0.3) is 0 Å². The highest BCUT2D eigenvalue weighted by atomic mass is 79.9. The number of ketones is 1. The summed E-state index contributed by atoms with van der Waals surface area (Å²) in [5.41, 5.74) is 0.635. The first-order chi connectivity index (χ1) is 8.24. The number of benzene rings is 1. The first-order valence-electron chi connectivity index (χ1n) is 5.27. The van der Waals surface area contributed by atoms with Crippen LogP contribution in [0.2, 0.25) is 0 Å². The number of Topliss-reactive ketones (excluding diaryl/α,β-unsaturated/α-hetero) is 1. The molecule has 1 aliphatic rings. The number of furan rings is 1. The molecule has 1 aromatic heterocycles. The summed E-state index contributed by atoms with van der Waals surface area (Å²) >= 11 is 3.36. The van der Waals surface area contributed by atoms with Crippen molar-refractivity contribution in [2.24, 2.45) is 0 Å². The summed E-state index contributed by atoms with van der Waals surface area (Å²) in [5, 5.41) is 0. The van der Waals surface area contributed by atoms with Crippen molar-refractivity contribution in [1.82, 2.24) is 0 Å². The van der Waals surface area contributed by atoms with E-state index in [4.69, 9.17) is 9.15 Å². The topological polar surface area (TPSA) is 39.4 Å². The first-order valence-corrected chi connectivity index (χ1v) is 6.06. The number of carbonyl (C=O) groups is 1. The van der Waals surface area contributed by atoms with Crippen LogP contribution in [0.1, 0.15) is 28.6 Å². The van der Waals surface area contributed by atoms with Gasteiger partial charge < -0.3 is 9.15 Å². The van der Waals surface area contributed by atoms with Crippen LogP contribution in [0.4, 0.5) is 0 Å². The number of fused-ring (bicyclic) bond motifs is 1. The van der Waals surface area contributed by atoms with Crippen molar-refractivity contribution in [2.45, 2.75) is 12.5 Å². The zero-order chi connectivity index (χ0) is 11.8. The fourth-order valence-corrected chi connectivity index (χ4v) is 2.27. The lowest BCUT2D eigenvalue weighted by Gasteiger charge is -2.23. The van der Waals surface area contributed by atoms with Crippen LogP contribution in [0.15, 0.2) is 45.5 Å². The summed E-state index contributed by atoms with van der Waals surface area (Å²) in [6.07, 6.45) is 1.58. The summed E-state index contributed by atoms with van der Waals surface area (Å²) in [6.45, 7) is 0. The zero-order valence-corrected chi connectivity index (χ0v) is 10.4. The monoisotopic (exact) mass is 292 g/mol. The van der Waals surface area contributed by atoms with E-state index in [1.165, 1.54) is 0 Å². The summed E-state index contributed by atoms with van der Waals surface area (Å²) < 4.78 is 12.0. The fraction of sp³-hybridized carbons (Fsp3) is 0.154. The molecular formula is C13H9BrO3. The van der Waals surface area contributed by atoms with E-state index in [9.17, 15) is 4.79 Å². The maximum absolute atomic E-state index is 12.0. The average molecular weight is 293 g/mol. The molecule has 1 unspecified atom stereocenters. The number of halogens is 1. The van der Waals surface area contributed by atoms with Crippen LogP contribution in [0.3, 0.4) is 0 Å². The standard InChI is InChI=1S/C13H9BrO3/c14-8-3-4-9-10(15)7-13(17-12(9)6-8)11-2-1-5-16-11/h1-6,13H,7H2. The lowest BCUT2D eigenvalue weighted by molar-refractivity contribution is 0.0817. The highest BCUT2D eigenvalue weighted by molar-refractivity contribution is 9.10. The van der Waals surface area contributed by atoms with Crippen LogP contribution < -0.4 is 4.74 Å². The largest absolute Gasteiger partial charge is 0.481 e. The minimum absolute atomic E-state index is 0.0835. The Morgan fingerprint density at radius 3 is 2.94 bits per heavy atom. The minimum Gasteiger partial charge on any atom is -0.481 e. The highest BCUT2D eigenvalue weighted by Crippen LogP contribution is 2.36. The summed E-state index contributed by atoms with van der Waals surface area (Å²) in [4.78, 5) is 12.0. The van der Waals surface area contributed by atoms with Crippen molar-refractivity contribution in [3.8, 4) is 5.75 Å². The number of carbonyl (C=O) groups excluding carboxylic acids is 1. The molecule has 86 valence electrons. The van der Waals surface area contributed by atoms with Gasteiger partial charge in [-0.05, 0) is 30.3 Å². The molecule has 17 heavy (non-hydrogen) atoms. The molecule has 0 spiro atoms. The van der Waals surface area contributed by atoms with E-state index in [2.05, 4.69) is 15.9 Å². The molecule has 4 heteroatoms. The molecule has 0 fully saturated rings. The zero-order valence-electron chi connectivity index (χ0n) is 8.85. The highest BCUT2D eigenvalue weighted by Gasteiger charge is 2.29. The van der Waals surface area contributed by atoms with Crippen LogP contribution in [0, 0.1) is 0 Å². The second-order valence-corrected chi connectivity index (χ2v) is 4.81. The summed E-state index contributed by atoms with van der Waals surface area (Å²) in [6, 6.07) is 9.04. The molecule has 1 atom stereocenters. The third-order valence-corrected chi connectivity index (χ3v) is 3.24. The Morgan fingerprint density at radius 2 is 2.18 bits per heavy atom. The molecule has 0 saturated carbocycles. The van der Waals surface area contributed by atoms with Gasteiger partial charge in [-0.1, -0.05) is 15.9 Å². The Bertz CT molecular complexity index is 560. The van der Waals surface area contributed by atoms with Gasteiger partial charge in [0.1, 0.15) is 11.5 Å². The lowest BCUT2D eigenvalue weighted by atomic mass is 10.00. The van der Waals surface area contributed by atoms with E-state index >= 15 is 0 Å². The van der Waals surface area contributed by atoms with Gasteiger partial charge in [0, 0.05) is 4.47 Å². The molecule has 2 aromatic rings. The first kappa shape index (κ1) is 10.6. The Balaban J connectivity index is 2.00. The molecule has 0 saturated heterocycles. The van der Waals surface area contributed by atoms with E-state index in [0.717, 1.165) is 4.47 Å². The Labute approximate surface area is 107 Å². The molecule has 2 heterocycles. The molecular weight excluding hydrogens is 284 g/mol. The van der Waals surface area contributed by atoms with Gasteiger partial charge in [0.15, 0.2) is 11.9 Å². The second-order valence-electron chi connectivity index (χ2n) is 3.89. The Morgan fingerprint density at radius 1 is 1.29 bits per heavy atom. The number of hydrogen-bond acceptors (Lipinski definition) is 3. The molecule has 3 rings (SSSR count). The van der Waals surface area contributed by atoms with Gasteiger partial charge in [0.05, 0.1) is 18.2 Å². The Kier molecular flexibility index (Phi) is 2.52. The van der Waals surface area contributed by atoms with Crippen molar-refractivity contribution in [1.29, 1.82) is 0 Å². The van der Waals surface area contributed by atoms with E-state index in [1.54, 1.807) is 18.4 Å². The molecule has 0 N–H and O–H groups in total. The van der Waals surface area contributed by atoms with E-state index in [0.29, 0.717) is 23.5 Å². The van der Waals surface area contributed by atoms with Crippen LogP contribution >= 0.6 is 15.9 Å². The van der Waals surface area contributed by atoms with Crippen LogP contribution in [-0.4, -0.2) is 5.78 Å². The van der Waals surface area contributed by atoms with Gasteiger partial charge in [-0.25, -0.2) is 0 Å². The lowest BCUT2D eigenvalue weighted by Crippen LogP contribution is -2.19.